The van der Waals surface area contributed by atoms with Gasteiger partial charge in [-0.25, -0.2) is 9.18 Å². The van der Waals surface area contributed by atoms with Crippen molar-refractivity contribution in [1.29, 1.82) is 0 Å². The normalized spacial score (nSPS) is 21.3. The van der Waals surface area contributed by atoms with Gasteiger partial charge in [0, 0.05) is 19.0 Å². The Balaban J connectivity index is 1.85. The van der Waals surface area contributed by atoms with Crippen molar-refractivity contribution >= 4 is 11.9 Å². The van der Waals surface area contributed by atoms with Gasteiger partial charge in [-0.3, -0.25) is 4.79 Å². The van der Waals surface area contributed by atoms with Gasteiger partial charge in [0.2, 0.25) is 5.91 Å². The molecule has 1 aromatic carbocycles. The number of aliphatic carboxylic acids is 1. The van der Waals surface area contributed by atoms with Crippen LogP contribution in [0.15, 0.2) is 24.3 Å². The van der Waals surface area contributed by atoms with Gasteiger partial charge in [0.1, 0.15) is 17.6 Å². The molecule has 2 rings (SSSR count). The summed E-state index contributed by atoms with van der Waals surface area (Å²) in [6.45, 7) is 0.0248. The molecule has 114 valence electrons. The summed E-state index contributed by atoms with van der Waals surface area (Å²) in [5.74, 6) is -1.67. The first-order valence-corrected chi connectivity index (χ1v) is 6.56. The van der Waals surface area contributed by atoms with E-state index in [4.69, 9.17) is 9.84 Å². The standard InChI is InChI=1S/C14H16FNO5/c15-9-2-1-3-11(6-9)21-5-4-13(18)16-8-10(17)7-12(16)14(19)20/h1-3,6,10,12,17H,4-5,7-8H2,(H,19,20)/t10-,12-/m1/s1. The van der Waals surface area contributed by atoms with Crippen molar-refractivity contribution in [3.63, 3.8) is 0 Å². The lowest BCUT2D eigenvalue weighted by Crippen LogP contribution is -2.41. The fourth-order valence-electron chi connectivity index (χ4n) is 2.28. The number of carbonyl (C=O) groups excluding carboxylic acids is 1. The molecule has 1 fully saturated rings. The Bertz CT molecular complexity index is 536. The van der Waals surface area contributed by atoms with E-state index in [9.17, 15) is 19.1 Å². The summed E-state index contributed by atoms with van der Waals surface area (Å²) in [5.41, 5.74) is 0. The first-order chi connectivity index (χ1) is 9.97. The monoisotopic (exact) mass is 297 g/mol. The molecule has 1 aromatic rings. The summed E-state index contributed by atoms with van der Waals surface area (Å²) in [7, 11) is 0. The number of β-amino-alcohol motifs (C(OH)–C–C–N with tert-alkyl or cyclic N) is 1. The molecule has 0 bridgehead atoms. The van der Waals surface area contributed by atoms with E-state index in [1.54, 1.807) is 6.07 Å². The smallest absolute Gasteiger partial charge is 0.326 e. The van der Waals surface area contributed by atoms with Gasteiger partial charge in [-0.1, -0.05) is 6.07 Å². The Morgan fingerprint density at radius 2 is 2.19 bits per heavy atom. The van der Waals surface area contributed by atoms with Crippen molar-refractivity contribution in [2.45, 2.75) is 25.0 Å². The Morgan fingerprint density at radius 3 is 2.86 bits per heavy atom. The Kier molecular flexibility index (Phi) is 4.74. The molecule has 7 heteroatoms. The Hall–Kier alpha value is -2.15. The van der Waals surface area contributed by atoms with E-state index in [-0.39, 0.29) is 26.0 Å². The fourth-order valence-corrected chi connectivity index (χ4v) is 2.28. The first kappa shape index (κ1) is 15.2. The van der Waals surface area contributed by atoms with Gasteiger partial charge in [0.15, 0.2) is 0 Å². The van der Waals surface area contributed by atoms with Crippen LogP contribution in [0.3, 0.4) is 0 Å². The predicted octanol–water partition coefficient (Wildman–Crippen LogP) is 0.641. The van der Waals surface area contributed by atoms with E-state index in [1.807, 2.05) is 0 Å². The number of benzene rings is 1. The summed E-state index contributed by atoms with van der Waals surface area (Å²) in [6, 6.07) is 4.53. The number of hydrogen-bond acceptors (Lipinski definition) is 4. The summed E-state index contributed by atoms with van der Waals surface area (Å²) in [4.78, 5) is 24.1. The molecule has 0 radical (unpaired) electrons. The number of nitrogens with zero attached hydrogens (tertiary/aromatic N) is 1. The fraction of sp³-hybridized carbons (Fsp3) is 0.429. The van der Waals surface area contributed by atoms with Crippen LogP contribution in [0.25, 0.3) is 0 Å². The van der Waals surface area contributed by atoms with Crippen molar-refractivity contribution < 1.29 is 28.9 Å². The maximum atomic E-state index is 12.9. The van der Waals surface area contributed by atoms with Crippen LogP contribution in [0, 0.1) is 5.82 Å². The van der Waals surface area contributed by atoms with Crippen molar-refractivity contribution in [3.8, 4) is 5.75 Å². The van der Waals surface area contributed by atoms with Crippen LogP contribution in [-0.4, -0.2) is 52.3 Å². The van der Waals surface area contributed by atoms with Crippen LogP contribution >= 0.6 is 0 Å². The minimum atomic E-state index is -1.13. The number of carboxylic acid groups (broad SMARTS) is 1. The maximum Gasteiger partial charge on any atom is 0.326 e. The number of carbonyl (C=O) groups is 2. The van der Waals surface area contributed by atoms with Gasteiger partial charge < -0.3 is 19.8 Å². The molecule has 2 atom stereocenters. The molecule has 0 aliphatic carbocycles. The van der Waals surface area contributed by atoms with Gasteiger partial charge in [-0.2, -0.15) is 0 Å². The van der Waals surface area contributed by atoms with E-state index in [0.29, 0.717) is 5.75 Å². The predicted molar refractivity (Wildman–Crippen MR) is 70.3 cm³/mol. The highest BCUT2D eigenvalue weighted by atomic mass is 19.1. The van der Waals surface area contributed by atoms with E-state index in [2.05, 4.69) is 0 Å². The van der Waals surface area contributed by atoms with Crippen molar-refractivity contribution in [1.82, 2.24) is 4.90 Å². The molecule has 0 unspecified atom stereocenters. The number of aliphatic hydroxyl groups excluding tert-OH is 1. The lowest BCUT2D eigenvalue weighted by Gasteiger charge is -2.21. The quantitative estimate of drug-likeness (QED) is 0.833. The van der Waals surface area contributed by atoms with Crippen molar-refractivity contribution in [3.05, 3.63) is 30.1 Å². The van der Waals surface area contributed by atoms with Gasteiger partial charge in [-0.15, -0.1) is 0 Å². The maximum absolute atomic E-state index is 12.9. The number of ether oxygens (including phenoxy) is 1. The van der Waals surface area contributed by atoms with E-state index >= 15 is 0 Å². The largest absolute Gasteiger partial charge is 0.493 e. The molecule has 1 saturated heterocycles. The number of hydrogen-bond donors (Lipinski definition) is 2. The lowest BCUT2D eigenvalue weighted by atomic mass is 10.2. The topological polar surface area (TPSA) is 87.1 Å². The second kappa shape index (κ2) is 6.53. The molecule has 1 aliphatic heterocycles. The molecule has 0 saturated carbocycles. The molecular weight excluding hydrogens is 281 g/mol. The summed E-state index contributed by atoms with van der Waals surface area (Å²) in [5, 5.41) is 18.5. The molecule has 21 heavy (non-hydrogen) atoms. The van der Waals surface area contributed by atoms with Crippen LogP contribution in [0.2, 0.25) is 0 Å². The van der Waals surface area contributed by atoms with Crippen LogP contribution in [0.4, 0.5) is 4.39 Å². The van der Waals surface area contributed by atoms with E-state index in [0.717, 1.165) is 4.90 Å². The first-order valence-electron chi connectivity index (χ1n) is 6.56. The zero-order valence-electron chi connectivity index (χ0n) is 11.2. The molecule has 0 aromatic heterocycles. The molecule has 2 N–H and O–H groups in total. The molecule has 1 aliphatic rings. The summed E-state index contributed by atoms with van der Waals surface area (Å²) < 4.78 is 18.2. The number of halogens is 1. The number of likely N-dealkylation sites (tertiary alicyclic amines) is 1. The second-order valence-electron chi connectivity index (χ2n) is 4.85. The zero-order valence-corrected chi connectivity index (χ0v) is 11.2. The molecule has 0 spiro atoms. The third kappa shape index (κ3) is 3.91. The van der Waals surface area contributed by atoms with E-state index < -0.39 is 29.8 Å². The van der Waals surface area contributed by atoms with Crippen LogP contribution in [0.1, 0.15) is 12.8 Å². The lowest BCUT2D eigenvalue weighted by molar-refractivity contribution is -0.148. The minimum absolute atomic E-state index is 0.00969. The van der Waals surface area contributed by atoms with Gasteiger partial charge in [-0.05, 0) is 12.1 Å². The highest BCUT2D eigenvalue weighted by Crippen LogP contribution is 2.19. The van der Waals surface area contributed by atoms with Crippen LogP contribution in [-0.2, 0) is 9.59 Å². The van der Waals surface area contributed by atoms with Crippen molar-refractivity contribution in [2.75, 3.05) is 13.2 Å². The Labute approximate surface area is 120 Å². The number of amides is 1. The minimum Gasteiger partial charge on any atom is -0.493 e. The molecule has 1 amide bonds. The average molecular weight is 297 g/mol. The highest BCUT2D eigenvalue weighted by Gasteiger charge is 2.38. The van der Waals surface area contributed by atoms with Crippen molar-refractivity contribution in [2.24, 2.45) is 0 Å². The average Bonchev–Trinajstić information content (AvgIpc) is 2.81. The van der Waals surface area contributed by atoms with Crippen LogP contribution in [0.5, 0.6) is 5.75 Å². The summed E-state index contributed by atoms with van der Waals surface area (Å²) >= 11 is 0. The van der Waals surface area contributed by atoms with Gasteiger partial charge >= 0.3 is 5.97 Å². The zero-order chi connectivity index (χ0) is 15.4. The number of carboxylic acids is 1. The third-order valence-electron chi connectivity index (χ3n) is 3.27. The number of rotatable bonds is 5. The highest BCUT2D eigenvalue weighted by molar-refractivity contribution is 5.84. The summed E-state index contributed by atoms with van der Waals surface area (Å²) in [6.07, 6.45) is -0.821. The third-order valence-corrected chi connectivity index (χ3v) is 3.27. The molecular formula is C14H16FNO5. The molecule has 6 nitrogen and oxygen atoms in total. The Morgan fingerprint density at radius 1 is 1.43 bits per heavy atom. The van der Waals surface area contributed by atoms with Gasteiger partial charge in [0.05, 0.1) is 19.1 Å². The van der Waals surface area contributed by atoms with E-state index in [1.165, 1.54) is 18.2 Å². The number of aliphatic hydroxyl groups is 1. The van der Waals surface area contributed by atoms with Crippen LogP contribution < -0.4 is 4.74 Å². The molecule has 1 heterocycles. The SMILES string of the molecule is O=C(O)[C@H]1C[C@@H](O)CN1C(=O)CCOc1cccc(F)c1. The second-order valence-corrected chi connectivity index (χ2v) is 4.85. The van der Waals surface area contributed by atoms with Gasteiger partial charge in [0.25, 0.3) is 0 Å².